The SMILES string of the molecule is COc1ccc(NC(=O)Cn2c(CCNC(=O)c3cccc(C)c3)nc3ccccc32)cc1. The van der Waals surface area contributed by atoms with Crippen LogP contribution in [0.15, 0.2) is 72.8 Å². The molecule has 0 fully saturated rings. The van der Waals surface area contributed by atoms with Crippen molar-refractivity contribution in [1.82, 2.24) is 14.9 Å². The normalized spacial score (nSPS) is 10.7. The largest absolute Gasteiger partial charge is 0.497 e. The second-order valence-corrected chi connectivity index (χ2v) is 7.75. The highest BCUT2D eigenvalue weighted by Crippen LogP contribution is 2.18. The van der Waals surface area contributed by atoms with Gasteiger partial charge in [0.2, 0.25) is 5.91 Å². The van der Waals surface area contributed by atoms with Gasteiger partial charge in [-0.15, -0.1) is 0 Å². The van der Waals surface area contributed by atoms with Crippen molar-refractivity contribution in [1.29, 1.82) is 0 Å². The lowest BCUT2D eigenvalue weighted by Crippen LogP contribution is -2.27. The van der Waals surface area contributed by atoms with Crippen LogP contribution in [0.4, 0.5) is 5.69 Å². The monoisotopic (exact) mass is 442 g/mol. The van der Waals surface area contributed by atoms with Gasteiger partial charge < -0.3 is 19.9 Å². The lowest BCUT2D eigenvalue weighted by Gasteiger charge is -2.11. The van der Waals surface area contributed by atoms with E-state index in [0.717, 1.165) is 28.2 Å². The molecule has 1 heterocycles. The Morgan fingerprint density at radius 1 is 1.00 bits per heavy atom. The second kappa shape index (κ2) is 9.99. The molecule has 4 rings (SSSR count). The molecule has 3 aromatic carbocycles. The summed E-state index contributed by atoms with van der Waals surface area (Å²) in [5, 5.41) is 5.86. The molecule has 0 aliphatic carbocycles. The lowest BCUT2D eigenvalue weighted by molar-refractivity contribution is -0.116. The van der Waals surface area contributed by atoms with Gasteiger partial charge in [-0.1, -0.05) is 29.8 Å². The van der Waals surface area contributed by atoms with Crippen LogP contribution in [-0.4, -0.2) is 35.0 Å². The summed E-state index contributed by atoms with van der Waals surface area (Å²) >= 11 is 0. The molecule has 33 heavy (non-hydrogen) atoms. The highest BCUT2D eigenvalue weighted by atomic mass is 16.5. The third-order valence-electron chi connectivity index (χ3n) is 5.32. The number of methoxy groups -OCH3 is 1. The zero-order valence-corrected chi connectivity index (χ0v) is 18.7. The van der Waals surface area contributed by atoms with Gasteiger partial charge >= 0.3 is 0 Å². The van der Waals surface area contributed by atoms with Crippen LogP contribution in [0.5, 0.6) is 5.75 Å². The number of para-hydroxylation sites is 2. The van der Waals surface area contributed by atoms with Gasteiger partial charge in [0.05, 0.1) is 18.1 Å². The average molecular weight is 443 g/mol. The van der Waals surface area contributed by atoms with E-state index >= 15 is 0 Å². The molecule has 0 saturated carbocycles. The average Bonchev–Trinajstić information content (AvgIpc) is 3.16. The fourth-order valence-electron chi connectivity index (χ4n) is 3.69. The number of imidazole rings is 1. The molecule has 1 aromatic heterocycles. The van der Waals surface area contributed by atoms with E-state index in [4.69, 9.17) is 9.72 Å². The molecule has 0 saturated heterocycles. The van der Waals surface area contributed by atoms with Crippen LogP contribution >= 0.6 is 0 Å². The van der Waals surface area contributed by atoms with Crippen molar-refractivity contribution in [2.75, 3.05) is 19.0 Å². The molecule has 7 heteroatoms. The van der Waals surface area contributed by atoms with Crippen LogP contribution in [0.25, 0.3) is 11.0 Å². The predicted octanol–water partition coefficient (Wildman–Crippen LogP) is 3.96. The molecule has 0 spiro atoms. The number of amides is 2. The third-order valence-corrected chi connectivity index (χ3v) is 5.32. The van der Waals surface area contributed by atoms with Crippen LogP contribution in [0, 0.1) is 6.92 Å². The first-order valence-electron chi connectivity index (χ1n) is 10.8. The number of benzene rings is 3. The fourth-order valence-corrected chi connectivity index (χ4v) is 3.69. The van der Waals surface area contributed by atoms with Crippen LogP contribution in [0.2, 0.25) is 0 Å². The number of carbonyl (C=O) groups is 2. The zero-order valence-electron chi connectivity index (χ0n) is 18.7. The third kappa shape index (κ3) is 5.38. The summed E-state index contributed by atoms with van der Waals surface area (Å²) in [6.07, 6.45) is 0.502. The van der Waals surface area contributed by atoms with Crippen molar-refractivity contribution in [2.24, 2.45) is 0 Å². The van der Waals surface area contributed by atoms with E-state index in [1.165, 1.54) is 0 Å². The minimum Gasteiger partial charge on any atom is -0.497 e. The molecule has 4 aromatic rings. The number of fused-ring (bicyclic) bond motifs is 1. The van der Waals surface area contributed by atoms with Crippen LogP contribution in [-0.2, 0) is 17.8 Å². The Morgan fingerprint density at radius 3 is 2.55 bits per heavy atom. The Balaban J connectivity index is 1.45. The van der Waals surface area contributed by atoms with E-state index in [-0.39, 0.29) is 18.4 Å². The molecule has 0 radical (unpaired) electrons. The number of hydrogen-bond acceptors (Lipinski definition) is 4. The molecule has 0 aliphatic rings. The van der Waals surface area contributed by atoms with Gasteiger partial charge in [0, 0.05) is 24.2 Å². The summed E-state index contributed by atoms with van der Waals surface area (Å²) in [5.41, 5.74) is 4.05. The van der Waals surface area contributed by atoms with Gasteiger partial charge in [-0.05, 0) is 55.5 Å². The summed E-state index contributed by atoms with van der Waals surface area (Å²) in [6.45, 7) is 2.49. The molecule has 0 unspecified atom stereocenters. The number of nitrogens with zero attached hydrogens (tertiary/aromatic N) is 2. The predicted molar refractivity (Wildman–Crippen MR) is 129 cm³/mol. The number of aromatic nitrogens is 2. The summed E-state index contributed by atoms with van der Waals surface area (Å²) < 4.78 is 7.05. The highest BCUT2D eigenvalue weighted by Gasteiger charge is 2.14. The van der Waals surface area contributed by atoms with Gasteiger partial charge in [0.15, 0.2) is 0 Å². The Kier molecular flexibility index (Phi) is 6.69. The summed E-state index contributed by atoms with van der Waals surface area (Å²) in [6, 6.07) is 22.4. The smallest absolute Gasteiger partial charge is 0.251 e. The first kappa shape index (κ1) is 22.1. The number of carbonyl (C=O) groups excluding carboxylic acids is 2. The molecule has 168 valence electrons. The van der Waals surface area contributed by atoms with Crippen molar-refractivity contribution in [3.8, 4) is 5.75 Å². The van der Waals surface area contributed by atoms with Crippen LogP contribution in [0.1, 0.15) is 21.7 Å². The Morgan fingerprint density at radius 2 is 1.79 bits per heavy atom. The number of ether oxygens (including phenoxy) is 1. The molecule has 7 nitrogen and oxygen atoms in total. The molecule has 0 aliphatic heterocycles. The van der Waals surface area contributed by atoms with E-state index < -0.39 is 0 Å². The zero-order chi connectivity index (χ0) is 23.2. The minimum atomic E-state index is -0.159. The minimum absolute atomic E-state index is 0.119. The number of hydrogen-bond donors (Lipinski definition) is 2. The second-order valence-electron chi connectivity index (χ2n) is 7.75. The van der Waals surface area contributed by atoms with E-state index in [0.29, 0.717) is 24.2 Å². The molecular formula is C26H26N4O3. The van der Waals surface area contributed by atoms with Crippen LogP contribution < -0.4 is 15.4 Å². The summed E-state index contributed by atoms with van der Waals surface area (Å²) in [5.74, 6) is 1.18. The van der Waals surface area contributed by atoms with Gasteiger partial charge in [0.25, 0.3) is 5.91 Å². The van der Waals surface area contributed by atoms with Crippen molar-refractivity contribution in [3.05, 3.63) is 89.7 Å². The summed E-state index contributed by atoms with van der Waals surface area (Å²) in [7, 11) is 1.60. The van der Waals surface area contributed by atoms with Crippen molar-refractivity contribution >= 4 is 28.5 Å². The van der Waals surface area contributed by atoms with E-state index in [2.05, 4.69) is 10.6 Å². The highest BCUT2D eigenvalue weighted by molar-refractivity contribution is 5.94. The fraction of sp³-hybridized carbons (Fsp3) is 0.192. The topological polar surface area (TPSA) is 85.2 Å². The Bertz CT molecular complexity index is 1280. The standard InChI is InChI=1S/C26H26N4O3/c1-18-6-5-7-19(16-18)26(32)27-15-14-24-29-22-8-3-4-9-23(22)30(24)17-25(31)28-20-10-12-21(33-2)13-11-20/h3-13,16H,14-15,17H2,1-2H3,(H,27,32)(H,28,31). The van der Waals surface area contributed by atoms with Crippen molar-refractivity contribution < 1.29 is 14.3 Å². The lowest BCUT2D eigenvalue weighted by atomic mass is 10.1. The maximum atomic E-state index is 12.8. The van der Waals surface area contributed by atoms with Gasteiger partial charge in [-0.25, -0.2) is 4.98 Å². The first-order valence-corrected chi connectivity index (χ1v) is 10.8. The van der Waals surface area contributed by atoms with Crippen molar-refractivity contribution in [3.63, 3.8) is 0 Å². The van der Waals surface area contributed by atoms with E-state index in [1.54, 1.807) is 37.4 Å². The van der Waals surface area contributed by atoms with Crippen molar-refractivity contribution in [2.45, 2.75) is 19.9 Å². The van der Waals surface area contributed by atoms with Gasteiger partial charge in [-0.3, -0.25) is 9.59 Å². The number of nitrogens with one attached hydrogen (secondary N) is 2. The molecule has 2 N–H and O–H groups in total. The summed E-state index contributed by atoms with van der Waals surface area (Å²) in [4.78, 5) is 29.9. The Hall–Kier alpha value is -4.13. The Labute approximate surface area is 192 Å². The maximum absolute atomic E-state index is 12.8. The number of rotatable bonds is 8. The quantitative estimate of drug-likeness (QED) is 0.433. The molecular weight excluding hydrogens is 416 g/mol. The first-order chi connectivity index (χ1) is 16.0. The van der Waals surface area contributed by atoms with E-state index in [1.807, 2.05) is 54.0 Å². The molecule has 0 bridgehead atoms. The number of anilines is 1. The molecule has 2 amide bonds. The van der Waals surface area contributed by atoms with E-state index in [9.17, 15) is 9.59 Å². The van der Waals surface area contributed by atoms with Crippen LogP contribution in [0.3, 0.4) is 0 Å². The maximum Gasteiger partial charge on any atom is 0.251 e. The van der Waals surface area contributed by atoms with Gasteiger partial charge in [-0.2, -0.15) is 0 Å². The number of aryl methyl sites for hydroxylation is 1. The molecule has 0 atom stereocenters. The van der Waals surface area contributed by atoms with Gasteiger partial charge in [0.1, 0.15) is 18.1 Å².